The molecular weight excluding hydrogens is 203 g/mol. The first-order chi connectivity index (χ1) is 6.77. The topological polar surface area (TPSA) is 17.8 Å². The van der Waals surface area contributed by atoms with E-state index in [-0.39, 0.29) is 5.82 Å². The van der Waals surface area contributed by atoms with E-state index < -0.39 is 0 Å². The van der Waals surface area contributed by atoms with Crippen LogP contribution in [-0.2, 0) is 6.54 Å². The Morgan fingerprint density at radius 3 is 2.93 bits per heavy atom. The first-order valence-corrected chi connectivity index (χ1v) is 4.54. The molecule has 0 N–H and O–H groups in total. The first-order valence-electron chi connectivity index (χ1n) is 4.16. The summed E-state index contributed by atoms with van der Waals surface area (Å²) in [5.74, 6) is -0.286. The molecule has 0 aliphatic rings. The highest BCUT2D eigenvalue weighted by atomic mass is 35.5. The number of hydrogen-bond acceptors (Lipinski definition) is 1. The minimum atomic E-state index is -0.286. The SMILES string of the molecule is Fc1cccc(Cl)c1Cn1ccnc1. The van der Waals surface area contributed by atoms with Crippen molar-refractivity contribution in [1.29, 1.82) is 0 Å². The van der Waals surface area contributed by atoms with Crippen LogP contribution in [-0.4, -0.2) is 9.55 Å². The van der Waals surface area contributed by atoms with Crippen LogP contribution in [0.4, 0.5) is 4.39 Å². The predicted molar refractivity (Wildman–Crippen MR) is 52.7 cm³/mol. The zero-order chi connectivity index (χ0) is 9.97. The second-order valence-electron chi connectivity index (χ2n) is 2.94. The molecule has 0 radical (unpaired) electrons. The lowest BCUT2D eigenvalue weighted by Crippen LogP contribution is -2.00. The Bertz CT molecular complexity index is 405. The van der Waals surface area contributed by atoms with Gasteiger partial charge in [0.15, 0.2) is 0 Å². The first kappa shape index (κ1) is 9.21. The van der Waals surface area contributed by atoms with Crippen LogP contribution in [0.2, 0.25) is 5.02 Å². The van der Waals surface area contributed by atoms with Crippen molar-refractivity contribution in [2.75, 3.05) is 0 Å². The number of imidazole rings is 1. The molecule has 1 aromatic carbocycles. The standard InChI is InChI=1S/C10H8ClFN2/c11-9-2-1-3-10(12)8(9)6-14-5-4-13-7-14/h1-5,7H,6H2. The van der Waals surface area contributed by atoms with Crippen LogP contribution in [0, 0.1) is 5.82 Å². The lowest BCUT2D eigenvalue weighted by Gasteiger charge is -2.05. The van der Waals surface area contributed by atoms with Gasteiger partial charge in [-0.05, 0) is 12.1 Å². The molecule has 0 saturated carbocycles. The molecule has 0 aliphatic heterocycles. The van der Waals surface area contributed by atoms with Gasteiger partial charge in [-0.1, -0.05) is 17.7 Å². The maximum Gasteiger partial charge on any atom is 0.129 e. The number of hydrogen-bond donors (Lipinski definition) is 0. The van der Waals surface area contributed by atoms with Crippen LogP contribution in [0.5, 0.6) is 0 Å². The van der Waals surface area contributed by atoms with E-state index in [4.69, 9.17) is 11.6 Å². The Morgan fingerprint density at radius 1 is 1.43 bits per heavy atom. The Hall–Kier alpha value is -1.35. The largest absolute Gasteiger partial charge is 0.333 e. The molecular formula is C10H8ClFN2. The number of aromatic nitrogens is 2. The van der Waals surface area contributed by atoms with Crippen molar-refractivity contribution in [2.24, 2.45) is 0 Å². The summed E-state index contributed by atoms with van der Waals surface area (Å²) in [6.07, 6.45) is 5.04. The molecule has 0 aliphatic carbocycles. The summed E-state index contributed by atoms with van der Waals surface area (Å²) < 4.78 is 15.1. The second-order valence-corrected chi connectivity index (χ2v) is 3.34. The molecule has 0 saturated heterocycles. The van der Waals surface area contributed by atoms with Gasteiger partial charge >= 0.3 is 0 Å². The van der Waals surface area contributed by atoms with Crippen molar-refractivity contribution >= 4 is 11.6 Å². The molecule has 2 nitrogen and oxygen atoms in total. The molecule has 72 valence electrons. The van der Waals surface area contributed by atoms with E-state index in [1.807, 2.05) is 0 Å². The van der Waals surface area contributed by atoms with E-state index in [1.165, 1.54) is 6.07 Å². The summed E-state index contributed by atoms with van der Waals surface area (Å²) in [7, 11) is 0. The lowest BCUT2D eigenvalue weighted by molar-refractivity contribution is 0.599. The number of halogens is 2. The molecule has 2 aromatic rings. The van der Waals surface area contributed by atoms with Gasteiger partial charge in [-0.2, -0.15) is 0 Å². The quantitative estimate of drug-likeness (QED) is 0.745. The highest BCUT2D eigenvalue weighted by Gasteiger charge is 2.06. The van der Waals surface area contributed by atoms with Crippen LogP contribution in [0.3, 0.4) is 0 Å². The summed E-state index contributed by atoms with van der Waals surface area (Å²) in [4.78, 5) is 3.88. The minimum Gasteiger partial charge on any atom is -0.333 e. The highest BCUT2D eigenvalue weighted by Crippen LogP contribution is 2.19. The molecule has 4 heteroatoms. The maximum atomic E-state index is 13.3. The average Bonchev–Trinajstić information content (AvgIpc) is 2.64. The van der Waals surface area contributed by atoms with Gasteiger partial charge in [0.2, 0.25) is 0 Å². The Morgan fingerprint density at radius 2 is 2.29 bits per heavy atom. The van der Waals surface area contributed by atoms with E-state index in [1.54, 1.807) is 35.4 Å². The highest BCUT2D eigenvalue weighted by molar-refractivity contribution is 6.31. The molecule has 0 fully saturated rings. The monoisotopic (exact) mass is 210 g/mol. The van der Waals surface area contributed by atoms with Crippen molar-refractivity contribution < 1.29 is 4.39 Å². The van der Waals surface area contributed by atoms with Crippen LogP contribution >= 0.6 is 11.6 Å². The van der Waals surface area contributed by atoms with Crippen LogP contribution < -0.4 is 0 Å². The third-order valence-corrected chi connectivity index (χ3v) is 2.32. The molecule has 0 atom stereocenters. The molecule has 0 unspecified atom stereocenters. The summed E-state index contributed by atoms with van der Waals surface area (Å²) in [5.41, 5.74) is 0.493. The van der Waals surface area contributed by atoms with Gasteiger partial charge in [-0.3, -0.25) is 0 Å². The molecule has 2 rings (SSSR count). The van der Waals surface area contributed by atoms with Crippen LogP contribution in [0.1, 0.15) is 5.56 Å². The molecule has 0 spiro atoms. The fourth-order valence-electron chi connectivity index (χ4n) is 1.25. The van der Waals surface area contributed by atoms with Gasteiger partial charge in [0.1, 0.15) is 5.82 Å². The van der Waals surface area contributed by atoms with Crippen molar-refractivity contribution in [3.8, 4) is 0 Å². The van der Waals surface area contributed by atoms with Gasteiger partial charge in [-0.25, -0.2) is 9.37 Å². The van der Waals surface area contributed by atoms with Gasteiger partial charge in [0.25, 0.3) is 0 Å². The van der Waals surface area contributed by atoms with Gasteiger partial charge in [0, 0.05) is 23.0 Å². The summed E-state index contributed by atoms with van der Waals surface area (Å²) in [6.45, 7) is 0.408. The van der Waals surface area contributed by atoms with Crippen molar-refractivity contribution in [3.05, 3.63) is 53.3 Å². The zero-order valence-corrected chi connectivity index (χ0v) is 8.08. The van der Waals surface area contributed by atoms with Crippen molar-refractivity contribution in [3.63, 3.8) is 0 Å². The van der Waals surface area contributed by atoms with E-state index in [9.17, 15) is 4.39 Å². The van der Waals surface area contributed by atoms with Gasteiger partial charge in [-0.15, -0.1) is 0 Å². The average molecular weight is 211 g/mol. The number of nitrogens with zero attached hydrogens (tertiary/aromatic N) is 2. The Balaban J connectivity index is 2.33. The Kier molecular flexibility index (Phi) is 2.50. The van der Waals surface area contributed by atoms with E-state index in [0.29, 0.717) is 17.1 Å². The van der Waals surface area contributed by atoms with E-state index >= 15 is 0 Å². The molecule has 1 heterocycles. The smallest absolute Gasteiger partial charge is 0.129 e. The Labute approximate surface area is 86.0 Å². The molecule has 0 amide bonds. The normalized spacial score (nSPS) is 10.4. The summed E-state index contributed by atoms with van der Waals surface area (Å²) in [6, 6.07) is 4.67. The number of rotatable bonds is 2. The summed E-state index contributed by atoms with van der Waals surface area (Å²) in [5, 5.41) is 0.443. The number of benzene rings is 1. The predicted octanol–water partition coefficient (Wildman–Crippen LogP) is 2.72. The zero-order valence-electron chi connectivity index (χ0n) is 7.32. The second kappa shape index (κ2) is 3.80. The molecule has 0 bridgehead atoms. The lowest BCUT2D eigenvalue weighted by atomic mass is 10.2. The van der Waals surface area contributed by atoms with Crippen molar-refractivity contribution in [1.82, 2.24) is 9.55 Å². The third-order valence-electron chi connectivity index (χ3n) is 1.96. The third kappa shape index (κ3) is 1.77. The summed E-state index contributed by atoms with van der Waals surface area (Å²) >= 11 is 5.87. The van der Waals surface area contributed by atoms with E-state index in [2.05, 4.69) is 4.98 Å². The molecule has 1 aromatic heterocycles. The molecule has 14 heavy (non-hydrogen) atoms. The fourth-order valence-corrected chi connectivity index (χ4v) is 1.47. The minimum absolute atomic E-state index is 0.286. The maximum absolute atomic E-state index is 13.3. The van der Waals surface area contributed by atoms with Crippen molar-refractivity contribution in [2.45, 2.75) is 6.54 Å². The van der Waals surface area contributed by atoms with Crippen LogP contribution in [0.25, 0.3) is 0 Å². The van der Waals surface area contributed by atoms with Crippen LogP contribution in [0.15, 0.2) is 36.9 Å². The fraction of sp³-hybridized carbons (Fsp3) is 0.100. The van der Waals surface area contributed by atoms with Gasteiger partial charge < -0.3 is 4.57 Å². The van der Waals surface area contributed by atoms with E-state index in [0.717, 1.165) is 0 Å². The van der Waals surface area contributed by atoms with Gasteiger partial charge in [0.05, 0.1) is 12.9 Å².